The quantitative estimate of drug-likeness (QED) is 0.408. The first-order chi connectivity index (χ1) is 15.1. The molecule has 0 saturated carbocycles. The molecule has 1 N–H and O–H groups in total. The van der Waals surface area contributed by atoms with Crippen molar-refractivity contribution < 1.29 is 14.2 Å². The van der Waals surface area contributed by atoms with Crippen molar-refractivity contribution in [1.82, 2.24) is 9.97 Å². The molecule has 7 heteroatoms. The fourth-order valence-corrected chi connectivity index (χ4v) is 3.57. The summed E-state index contributed by atoms with van der Waals surface area (Å²) in [5.41, 5.74) is 2.56. The Hall–Kier alpha value is -3.51. The molecule has 0 radical (unpaired) electrons. The minimum absolute atomic E-state index is 0.520. The van der Waals surface area contributed by atoms with Crippen LogP contribution in [0.2, 0.25) is 5.02 Å². The van der Waals surface area contributed by atoms with Crippen molar-refractivity contribution in [3.8, 4) is 28.6 Å². The van der Waals surface area contributed by atoms with E-state index < -0.39 is 0 Å². The molecule has 3 aromatic carbocycles. The first-order valence-corrected chi connectivity index (χ1v) is 10.1. The maximum Gasteiger partial charge on any atom is 0.203 e. The Morgan fingerprint density at radius 3 is 2.19 bits per heavy atom. The van der Waals surface area contributed by atoms with Gasteiger partial charge in [0.05, 0.1) is 26.8 Å². The summed E-state index contributed by atoms with van der Waals surface area (Å²) in [6.07, 6.45) is 0. The molecule has 0 atom stereocenters. The molecule has 0 fully saturated rings. The van der Waals surface area contributed by atoms with E-state index in [1.165, 1.54) is 0 Å². The van der Waals surface area contributed by atoms with Crippen LogP contribution in [0.25, 0.3) is 22.3 Å². The second kappa shape index (κ2) is 9.10. The largest absolute Gasteiger partial charge is 0.493 e. The fraction of sp³-hybridized carbons (Fsp3) is 0.167. The van der Waals surface area contributed by atoms with Gasteiger partial charge in [-0.25, -0.2) is 9.97 Å². The average Bonchev–Trinajstić information content (AvgIpc) is 2.82. The summed E-state index contributed by atoms with van der Waals surface area (Å²) in [6.45, 7) is 0.537. The highest BCUT2D eigenvalue weighted by Crippen LogP contribution is 2.41. The monoisotopic (exact) mass is 435 g/mol. The number of methoxy groups -OCH3 is 3. The summed E-state index contributed by atoms with van der Waals surface area (Å²) in [4.78, 5) is 9.56. The Bertz CT molecular complexity index is 1200. The lowest BCUT2D eigenvalue weighted by atomic mass is 10.1. The molecule has 0 bridgehead atoms. The predicted molar refractivity (Wildman–Crippen MR) is 123 cm³/mol. The van der Waals surface area contributed by atoms with E-state index in [0.717, 1.165) is 22.0 Å². The van der Waals surface area contributed by atoms with Crippen LogP contribution in [0.5, 0.6) is 17.2 Å². The van der Waals surface area contributed by atoms with E-state index in [-0.39, 0.29) is 0 Å². The van der Waals surface area contributed by atoms with Gasteiger partial charge in [0, 0.05) is 22.5 Å². The van der Waals surface area contributed by atoms with Gasteiger partial charge in [0.25, 0.3) is 0 Å². The van der Waals surface area contributed by atoms with Crippen molar-refractivity contribution in [2.45, 2.75) is 6.54 Å². The highest BCUT2D eigenvalue weighted by molar-refractivity contribution is 6.31. The van der Waals surface area contributed by atoms with Gasteiger partial charge in [-0.3, -0.25) is 0 Å². The summed E-state index contributed by atoms with van der Waals surface area (Å²) < 4.78 is 16.4. The molecule has 158 valence electrons. The van der Waals surface area contributed by atoms with E-state index in [2.05, 4.69) is 5.32 Å². The maximum atomic E-state index is 6.32. The summed E-state index contributed by atoms with van der Waals surface area (Å²) in [7, 11) is 4.74. The van der Waals surface area contributed by atoms with E-state index in [4.69, 9.17) is 35.8 Å². The molecule has 1 aromatic heterocycles. The van der Waals surface area contributed by atoms with Gasteiger partial charge in [-0.05, 0) is 35.9 Å². The van der Waals surface area contributed by atoms with E-state index in [0.29, 0.717) is 40.5 Å². The SMILES string of the molecule is COc1cc(-c2nc(NCc3ccccc3Cl)c3ccccc3n2)cc(OC)c1OC. The van der Waals surface area contributed by atoms with Gasteiger partial charge in [-0.1, -0.05) is 41.9 Å². The van der Waals surface area contributed by atoms with E-state index >= 15 is 0 Å². The van der Waals surface area contributed by atoms with Gasteiger partial charge in [0.1, 0.15) is 5.82 Å². The molecular weight excluding hydrogens is 414 g/mol. The standard InChI is InChI=1S/C24H22ClN3O3/c1-29-20-12-16(13-21(30-2)22(20)31-3)23-27-19-11-7-5-9-17(19)24(28-23)26-14-15-8-4-6-10-18(15)25/h4-13H,14H2,1-3H3,(H,26,27,28). The number of fused-ring (bicyclic) bond motifs is 1. The molecule has 0 aliphatic heterocycles. The lowest BCUT2D eigenvalue weighted by molar-refractivity contribution is 0.324. The first kappa shape index (κ1) is 20.8. The van der Waals surface area contributed by atoms with Crippen LogP contribution in [0.4, 0.5) is 5.82 Å². The predicted octanol–water partition coefficient (Wildman–Crippen LogP) is 5.59. The second-order valence-corrected chi connectivity index (χ2v) is 7.18. The van der Waals surface area contributed by atoms with Crippen LogP contribution in [0.15, 0.2) is 60.7 Å². The third kappa shape index (κ3) is 4.20. The second-order valence-electron chi connectivity index (χ2n) is 6.77. The van der Waals surface area contributed by atoms with E-state index in [9.17, 15) is 0 Å². The normalized spacial score (nSPS) is 10.7. The van der Waals surface area contributed by atoms with Crippen LogP contribution >= 0.6 is 11.6 Å². The number of halogens is 1. The smallest absolute Gasteiger partial charge is 0.203 e. The number of para-hydroxylation sites is 1. The minimum atomic E-state index is 0.520. The highest BCUT2D eigenvalue weighted by atomic mass is 35.5. The van der Waals surface area contributed by atoms with Crippen LogP contribution < -0.4 is 19.5 Å². The molecule has 6 nitrogen and oxygen atoms in total. The van der Waals surface area contributed by atoms with Gasteiger partial charge in [-0.15, -0.1) is 0 Å². The number of ether oxygens (including phenoxy) is 3. The van der Waals surface area contributed by atoms with Crippen molar-refractivity contribution in [2.24, 2.45) is 0 Å². The highest BCUT2D eigenvalue weighted by Gasteiger charge is 2.17. The molecule has 0 amide bonds. The van der Waals surface area contributed by atoms with Crippen LogP contribution in [0.1, 0.15) is 5.56 Å². The number of anilines is 1. The Balaban J connectivity index is 1.80. The Kier molecular flexibility index (Phi) is 6.09. The number of benzene rings is 3. The maximum absolute atomic E-state index is 6.32. The molecule has 0 unspecified atom stereocenters. The lowest BCUT2D eigenvalue weighted by Crippen LogP contribution is -2.05. The van der Waals surface area contributed by atoms with Crippen LogP contribution in [-0.2, 0) is 6.54 Å². The molecule has 4 aromatic rings. The van der Waals surface area contributed by atoms with Crippen molar-refractivity contribution in [3.05, 3.63) is 71.2 Å². The van der Waals surface area contributed by atoms with Crippen LogP contribution in [0, 0.1) is 0 Å². The Morgan fingerprint density at radius 2 is 1.52 bits per heavy atom. The third-order valence-corrected chi connectivity index (χ3v) is 5.30. The molecule has 1 heterocycles. The van der Waals surface area contributed by atoms with Gasteiger partial charge in [-0.2, -0.15) is 0 Å². The third-order valence-electron chi connectivity index (χ3n) is 4.93. The number of nitrogens with one attached hydrogen (secondary N) is 1. The average molecular weight is 436 g/mol. The van der Waals surface area contributed by atoms with E-state index in [1.807, 2.05) is 60.7 Å². The summed E-state index contributed by atoms with van der Waals surface area (Å²) in [5.74, 6) is 2.86. The Labute approximate surface area is 185 Å². The Morgan fingerprint density at radius 1 is 0.839 bits per heavy atom. The van der Waals surface area contributed by atoms with Crippen molar-refractivity contribution in [3.63, 3.8) is 0 Å². The number of hydrogen-bond donors (Lipinski definition) is 1. The summed E-state index contributed by atoms with van der Waals surface area (Å²) >= 11 is 6.32. The molecule has 0 saturated heterocycles. The van der Waals surface area contributed by atoms with Crippen molar-refractivity contribution >= 4 is 28.3 Å². The van der Waals surface area contributed by atoms with Crippen molar-refractivity contribution in [2.75, 3.05) is 26.6 Å². The molecule has 0 aliphatic carbocycles. The molecular formula is C24H22ClN3O3. The summed E-state index contributed by atoms with van der Waals surface area (Å²) in [6, 6.07) is 19.3. The zero-order valence-electron chi connectivity index (χ0n) is 17.5. The summed E-state index contributed by atoms with van der Waals surface area (Å²) in [5, 5.41) is 5.04. The zero-order valence-corrected chi connectivity index (χ0v) is 18.2. The fourth-order valence-electron chi connectivity index (χ4n) is 3.37. The van der Waals surface area contributed by atoms with Crippen LogP contribution in [0.3, 0.4) is 0 Å². The van der Waals surface area contributed by atoms with Gasteiger partial charge in [0.15, 0.2) is 17.3 Å². The lowest BCUT2D eigenvalue weighted by Gasteiger charge is -2.15. The van der Waals surface area contributed by atoms with Crippen LogP contribution in [-0.4, -0.2) is 31.3 Å². The number of hydrogen-bond acceptors (Lipinski definition) is 6. The van der Waals surface area contributed by atoms with E-state index in [1.54, 1.807) is 21.3 Å². The molecule has 0 spiro atoms. The number of nitrogens with zero attached hydrogens (tertiary/aromatic N) is 2. The molecule has 31 heavy (non-hydrogen) atoms. The number of rotatable bonds is 7. The van der Waals surface area contributed by atoms with Gasteiger partial charge in [0.2, 0.25) is 5.75 Å². The number of aromatic nitrogens is 2. The molecule has 0 aliphatic rings. The van der Waals surface area contributed by atoms with Gasteiger partial charge < -0.3 is 19.5 Å². The zero-order chi connectivity index (χ0) is 21.8. The van der Waals surface area contributed by atoms with Crippen molar-refractivity contribution in [1.29, 1.82) is 0 Å². The first-order valence-electron chi connectivity index (χ1n) is 9.69. The van der Waals surface area contributed by atoms with Gasteiger partial charge >= 0.3 is 0 Å². The topological polar surface area (TPSA) is 65.5 Å². The molecule has 4 rings (SSSR count). The minimum Gasteiger partial charge on any atom is -0.493 e.